The summed E-state index contributed by atoms with van der Waals surface area (Å²) in [5.74, 6) is 0.496. The van der Waals surface area contributed by atoms with Gasteiger partial charge in [0.15, 0.2) is 0 Å². The Balaban J connectivity index is 1.91. The Kier molecular flexibility index (Phi) is 7.54. The highest BCUT2D eigenvalue weighted by molar-refractivity contribution is 7.92. The Hall–Kier alpha value is -3.04. The second-order valence-corrected chi connectivity index (χ2v) is 9.34. The van der Waals surface area contributed by atoms with Gasteiger partial charge < -0.3 is 14.8 Å². The Labute approximate surface area is 186 Å². The molecule has 7 nitrogen and oxygen atoms in total. The van der Waals surface area contributed by atoms with Crippen LogP contribution in [0.1, 0.15) is 11.8 Å². The van der Waals surface area contributed by atoms with Crippen LogP contribution in [0.5, 0.6) is 11.5 Å². The van der Waals surface area contributed by atoms with Crippen molar-refractivity contribution in [3.05, 3.63) is 70.9 Å². The molecule has 0 bridgehead atoms. The van der Waals surface area contributed by atoms with E-state index >= 15 is 0 Å². The maximum absolute atomic E-state index is 13.5. The van der Waals surface area contributed by atoms with Crippen LogP contribution >= 0.6 is 11.3 Å². The van der Waals surface area contributed by atoms with E-state index in [-0.39, 0.29) is 17.1 Å². The minimum absolute atomic E-state index is 0.0490. The van der Waals surface area contributed by atoms with Gasteiger partial charge in [0, 0.05) is 4.88 Å². The summed E-state index contributed by atoms with van der Waals surface area (Å²) in [4.78, 5) is 13.7. The fourth-order valence-electron chi connectivity index (χ4n) is 2.92. The zero-order valence-corrected chi connectivity index (χ0v) is 18.9. The summed E-state index contributed by atoms with van der Waals surface area (Å²) in [5.41, 5.74) is 0.283. The van der Waals surface area contributed by atoms with Crippen molar-refractivity contribution in [2.75, 3.05) is 24.6 Å². The molecule has 0 atom stereocenters. The van der Waals surface area contributed by atoms with E-state index in [1.807, 2.05) is 24.4 Å². The molecule has 0 unspecified atom stereocenters. The molecule has 1 N–H and O–H groups in total. The van der Waals surface area contributed by atoms with E-state index in [1.54, 1.807) is 36.4 Å². The average molecular weight is 461 g/mol. The number of sulfonamides is 1. The SMILES string of the molecule is CCOc1ccc(S(=O)(=O)N(CC(=O)NCc2cccs2)c2ccccc2OC)cc1. The first-order valence-electron chi connectivity index (χ1n) is 9.63. The number of para-hydroxylation sites is 2. The van der Waals surface area contributed by atoms with Crippen LogP contribution in [-0.4, -0.2) is 34.6 Å². The normalized spacial score (nSPS) is 11.0. The first-order valence-corrected chi connectivity index (χ1v) is 12.0. The molecule has 0 radical (unpaired) electrons. The van der Waals surface area contributed by atoms with Crippen molar-refractivity contribution < 1.29 is 22.7 Å². The lowest BCUT2D eigenvalue weighted by Crippen LogP contribution is -2.40. The van der Waals surface area contributed by atoms with Gasteiger partial charge in [0.1, 0.15) is 18.0 Å². The third-order valence-corrected chi connectivity index (χ3v) is 7.05. The highest BCUT2D eigenvalue weighted by Crippen LogP contribution is 2.32. The number of hydrogen-bond donors (Lipinski definition) is 1. The molecule has 0 aliphatic carbocycles. The van der Waals surface area contributed by atoms with Crippen molar-refractivity contribution in [3.8, 4) is 11.5 Å². The second kappa shape index (κ2) is 10.3. The predicted octanol–water partition coefficient (Wildman–Crippen LogP) is 3.67. The molecule has 1 amide bonds. The summed E-state index contributed by atoms with van der Waals surface area (Å²) in [5, 5.41) is 4.69. The van der Waals surface area contributed by atoms with Crippen molar-refractivity contribution >= 4 is 33.0 Å². The third kappa shape index (κ3) is 5.56. The molecule has 0 spiro atoms. The van der Waals surface area contributed by atoms with Crippen LogP contribution in [0, 0.1) is 0 Å². The van der Waals surface area contributed by atoms with E-state index in [4.69, 9.17) is 9.47 Å². The van der Waals surface area contributed by atoms with Gasteiger partial charge >= 0.3 is 0 Å². The van der Waals surface area contributed by atoms with E-state index < -0.39 is 15.9 Å². The number of anilines is 1. The van der Waals surface area contributed by atoms with Crippen LogP contribution < -0.4 is 19.1 Å². The molecule has 1 heterocycles. The summed E-state index contributed by atoms with van der Waals surface area (Å²) < 4.78 is 38.8. The Morgan fingerprint density at radius 3 is 2.45 bits per heavy atom. The van der Waals surface area contributed by atoms with Crippen molar-refractivity contribution in [1.29, 1.82) is 0 Å². The summed E-state index contributed by atoms with van der Waals surface area (Å²) in [6.07, 6.45) is 0. The molecule has 0 saturated heterocycles. The van der Waals surface area contributed by atoms with E-state index in [0.29, 0.717) is 24.7 Å². The summed E-state index contributed by atoms with van der Waals surface area (Å²) in [6, 6.07) is 16.6. The van der Waals surface area contributed by atoms with Gasteiger partial charge in [-0.3, -0.25) is 9.10 Å². The van der Waals surface area contributed by atoms with Crippen molar-refractivity contribution in [3.63, 3.8) is 0 Å². The van der Waals surface area contributed by atoms with Crippen molar-refractivity contribution in [1.82, 2.24) is 5.32 Å². The first-order chi connectivity index (χ1) is 15.0. The lowest BCUT2D eigenvalue weighted by atomic mass is 10.3. The molecular weight excluding hydrogens is 436 g/mol. The van der Waals surface area contributed by atoms with Crippen molar-refractivity contribution in [2.24, 2.45) is 0 Å². The number of hydrogen-bond acceptors (Lipinski definition) is 6. The Morgan fingerprint density at radius 2 is 1.81 bits per heavy atom. The number of nitrogens with one attached hydrogen (secondary N) is 1. The molecule has 31 heavy (non-hydrogen) atoms. The predicted molar refractivity (Wildman–Crippen MR) is 121 cm³/mol. The number of carbonyl (C=O) groups is 1. The molecule has 0 aliphatic heterocycles. The van der Waals surface area contributed by atoms with Gasteiger partial charge in [-0.2, -0.15) is 0 Å². The fraction of sp³-hybridized carbons (Fsp3) is 0.227. The van der Waals surface area contributed by atoms with Crippen LogP contribution in [0.3, 0.4) is 0 Å². The van der Waals surface area contributed by atoms with Gasteiger partial charge in [-0.15, -0.1) is 11.3 Å². The maximum atomic E-state index is 13.5. The number of thiophene rings is 1. The zero-order chi connectivity index (χ0) is 22.3. The van der Waals surface area contributed by atoms with Gasteiger partial charge in [-0.05, 0) is 54.8 Å². The van der Waals surface area contributed by atoms with E-state index in [1.165, 1.54) is 30.6 Å². The van der Waals surface area contributed by atoms with E-state index in [0.717, 1.165) is 9.18 Å². The van der Waals surface area contributed by atoms with Gasteiger partial charge in [-0.1, -0.05) is 18.2 Å². The maximum Gasteiger partial charge on any atom is 0.264 e. The molecule has 164 valence electrons. The minimum atomic E-state index is -4.05. The number of ether oxygens (including phenoxy) is 2. The molecular formula is C22H24N2O5S2. The van der Waals surface area contributed by atoms with Crippen LogP contribution in [0.2, 0.25) is 0 Å². The van der Waals surface area contributed by atoms with Crippen LogP contribution in [0.4, 0.5) is 5.69 Å². The smallest absolute Gasteiger partial charge is 0.264 e. The molecule has 0 fully saturated rings. The van der Waals surface area contributed by atoms with E-state index in [2.05, 4.69) is 5.32 Å². The second-order valence-electron chi connectivity index (χ2n) is 6.44. The molecule has 3 rings (SSSR count). The topological polar surface area (TPSA) is 84.9 Å². The monoisotopic (exact) mass is 460 g/mol. The number of methoxy groups -OCH3 is 1. The molecule has 1 aromatic heterocycles. The number of rotatable bonds is 10. The average Bonchev–Trinajstić information content (AvgIpc) is 3.30. The molecule has 0 aliphatic rings. The lowest BCUT2D eigenvalue weighted by molar-refractivity contribution is -0.119. The molecule has 2 aromatic carbocycles. The Bertz CT molecular complexity index is 1100. The number of benzene rings is 2. The lowest BCUT2D eigenvalue weighted by Gasteiger charge is -2.25. The molecule has 9 heteroatoms. The van der Waals surface area contributed by atoms with Gasteiger partial charge in [0.2, 0.25) is 5.91 Å². The minimum Gasteiger partial charge on any atom is -0.495 e. The third-order valence-electron chi connectivity index (χ3n) is 4.40. The Morgan fingerprint density at radius 1 is 1.06 bits per heavy atom. The molecule has 0 saturated carbocycles. The summed E-state index contributed by atoms with van der Waals surface area (Å²) in [6.45, 7) is 2.27. The van der Waals surface area contributed by atoms with E-state index in [9.17, 15) is 13.2 Å². The largest absolute Gasteiger partial charge is 0.495 e. The zero-order valence-electron chi connectivity index (χ0n) is 17.3. The highest BCUT2D eigenvalue weighted by Gasteiger charge is 2.29. The van der Waals surface area contributed by atoms with Crippen LogP contribution in [0.25, 0.3) is 0 Å². The number of amides is 1. The first kappa shape index (κ1) is 22.6. The van der Waals surface area contributed by atoms with Gasteiger partial charge in [0.05, 0.1) is 30.8 Å². The fourth-order valence-corrected chi connectivity index (χ4v) is 5.00. The van der Waals surface area contributed by atoms with Gasteiger partial charge in [0.25, 0.3) is 10.0 Å². The quantitative estimate of drug-likeness (QED) is 0.499. The number of nitrogens with zero attached hydrogens (tertiary/aromatic N) is 1. The summed E-state index contributed by atoms with van der Waals surface area (Å²) in [7, 11) is -2.59. The standard InChI is InChI=1S/C22H24N2O5S2/c1-3-29-17-10-12-19(13-11-17)31(26,27)24(20-8-4-5-9-21(20)28-2)16-22(25)23-15-18-7-6-14-30-18/h4-14H,3,15-16H2,1-2H3,(H,23,25). The summed E-state index contributed by atoms with van der Waals surface area (Å²) >= 11 is 1.52. The van der Waals surface area contributed by atoms with Crippen molar-refractivity contribution in [2.45, 2.75) is 18.4 Å². The van der Waals surface area contributed by atoms with Crippen LogP contribution in [0.15, 0.2) is 70.9 Å². The van der Waals surface area contributed by atoms with Gasteiger partial charge in [-0.25, -0.2) is 8.42 Å². The highest BCUT2D eigenvalue weighted by atomic mass is 32.2. The van der Waals surface area contributed by atoms with Crippen LogP contribution in [-0.2, 0) is 21.4 Å². The molecule has 3 aromatic rings. The number of carbonyl (C=O) groups excluding carboxylic acids is 1.